The van der Waals surface area contributed by atoms with Crippen molar-refractivity contribution in [2.24, 2.45) is 0 Å². The molecule has 0 aliphatic carbocycles. The highest BCUT2D eigenvalue weighted by molar-refractivity contribution is 5.76. The highest BCUT2D eigenvalue weighted by Gasteiger charge is 2.37. The number of carbonyl (C=O) groups excluding carboxylic acids is 1. The van der Waals surface area contributed by atoms with E-state index in [0.29, 0.717) is 34.9 Å². The van der Waals surface area contributed by atoms with Crippen molar-refractivity contribution in [1.29, 1.82) is 0 Å². The smallest absolute Gasteiger partial charge is 0.453 e. The van der Waals surface area contributed by atoms with Crippen molar-refractivity contribution in [3.8, 4) is 11.5 Å². The van der Waals surface area contributed by atoms with Gasteiger partial charge in [-0.1, -0.05) is 6.07 Å². The molecular weight excluding hydrogens is 451 g/mol. The standard InChI is InChI=1S/C23H28F3N5O3/c1-12(2)34-18-9-7-16(11-19(18)33-6)13(3)27-20(32)10-8-17-14(4)28-22-29-21(23(24,25)26)30-31(22)15(17)5/h7,9,11-13H,8,10H2,1-6H3,(H,27,32). The van der Waals surface area contributed by atoms with Gasteiger partial charge in [0, 0.05) is 17.8 Å². The van der Waals surface area contributed by atoms with Gasteiger partial charge in [-0.2, -0.15) is 18.2 Å². The van der Waals surface area contributed by atoms with Crippen molar-refractivity contribution < 1.29 is 27.4 Å². The predicted octanol–water partition coefficient (Wildman–Crippen LogP) is 4.37. The van der Waals surface area contributed by atoms with E-state index in [4.69, 9.17) is 9.47 Å². The molecular formula is C23H28F3N5O3. The molecule has 1 aromatic carbocycles. The molecule has 0 radical (unpaired) electrons. The number of aryl methyl sites for hydroxylation is 2. The zero-order valence-electron chi connectivity index (χ0n) is 19.9. The monoisotopic (exact) mass is 479 g/mol. The van der Waals surface area contributed by atoms with E-state index in [1.165, 1.54) is 0 Å². The molecule has 0 saturated heterocycles. The van der Waals surface area contributed by atoms with Crippen molar-refractivity contribution in [2.45, 2.75) is 65.8 Å². The Kier molecular flexibility index (Phi) is 7.32. The van der Waals surface area contributed by atoms with Gasteiger partial charge in [-0.25, -0.2) is 9.50 Å². The lowest BCUT2D eigenvalue weighted by Gasteiger charge is -2.18. The Labute approximate surface area is 195 Å². The molecule has 2 aromatic heterocycles. The molecule has 184 valence electrons. The van der Waals surface area contributed by atoms with Gasteiger partial charge < -0.3 is 14.8 Å². The maximum absolute atomic E-state index is 13.0. The van der Waals surface area contributed by atoms with Crippen LogP contribution in [0.1, 0.15) is 61.6 Å². The molecule has 0 bridgehead atoms. The molecule has 11 heteroatoms. The lowest BCUT2D eigenvalue weighted by Crippen LogP contribution is -2.27. The van der Waals surface area contributed by atoms with Gasteiger partial charge in [-0.3, -0.25) is 4.79 Å². The van der Waals surface area contributed by atoms with E-state index in [1.54, 1.807) is 27.0 Å². The minimum atomic E-state index is -4.66. The van der Waals surface area contributed by atoms with Gasteiger partial charge in [0.1, 0.15) is 0 Å². The van der Waals surface area contributed by atoms with Crippen LogP contribution >= 0.6 is 0 Å². The molecule has 8 nitrogen and oxygen atoms in total. The molecule has 3 rings (SSSR count). The fourth-order valence-corrected chi connectivity index (χ4v) is 3.63. The number of halogens is 3. The number of fused-ring (bicyclic) bond motifs is 1. The van der Waals surface area contributed by atoms with Crippen LogP contribution in [0.3, 0.4) is 0 Å². The minimum Gasteiger partial charge on any atom is -0.493 e. The molecule has 34 heavy (non-hydrogen) atoms. The van der Waals surface area contributed by atoms with Crippen molar-refractivity contribution >= 4 is 11.7 Å². The third-order valence-electron chi connectivity index (χ3n) is 5.33. The number of alkyl halides is 3. The van der Waals surface area contributed by atoms with Crippen molar-refractivity contribution in [2.75, 3.05) is 7.11 Å². The molecule has 0 aliphatic rings. The number of nitrogens with one attached hydrogen (secondary N) is 1. The van der Waals surface area contributed by atoms with Crippen LogP contribution in [-0.2, 0) is 17.4 Å². The van der Waals surface area contributed by atoms with Crippen molar-refractivity contribution in [3.05, 3.63) is 46.5 Å². The summed E-state index contributed by atoms with van der Waals surface area (Å²) in [5.41, 5.74) is 2.49. The Balaban J connectivity index is 1.70. The highest BCUT2D eigenvalue weighted by atomic mass is 19.4. The summed E-state index contributed by atoms with van der Waals surface area (Å²) >= 11 is 0. The van der Waals surface area contributed by atoms with Crippen LogP contribution < -0.4 is 14.8 Å². The number of ether oxygens (including phenoxy) is 2. The first-order chi connectivity index (χ1) is 15.9. The zero-order chi connectivity index (χ0) is 25.2. The van der Waals surface area contributed by atoms with Crippen LogP contribution in [0.25, 0.3) is 5.78 Å². The Morgan fingerprint density at radius 1 is 1.15 bits per heavy atom. The molecule has 1 amide bonds. The van der Waals surface area contributed by atoms with Crippen LogP contribution in [0.4, 0.5) is 13.2 Å². The van der Waals surface area contributed by atoms with Crippen LogP contribution in [0.5, 0.6) is 11.5 Å². The number of rotatable bonds is 8. The van der Waals surface area contributed by atoms with E-state index in [9.17, 15) is 18.0 Å². The second-order valence-corrected chi connectivity index (χ2v) is 8.27. The number of benzene rings is 1. The first-order valence-corrected chi connectivity index (χ1v) is 10.8. The summed E-state index contributed by atoms with van der Waals surface area (Å²) in [6.45, 7) is 9.02. The van der Waals surface area contributed by atoms with E-state index in [2.05, 4.69) is 20.4 Å². The topological polar surface area (TPSA) is 90.6 Å². The molecule has 0 spiro atoms. The largest absolute Gasteiger partial charge is 0.493 e. The van der Waals surface area contributed by atoms with Gasteiger partial charge in [0.05, 0.1) is 19.3 Å². The number of methoxy groups -OCH3 is 1. The maximum Gasteiger partial charge on any atom is 0.453 e. The third kappa shape index (κ3) is 5.57. The van der Waals surface area contributed by atoms with Gasteiger partial charge in [-0.15, -0.1) is 5.10 Å². The van der Waals surface area contributed by atoms with E-state index >= 15 is 0 Å². The van der Waals surface area contributed by atoms with E-state index in [0.717, 1.165) is 10.1 Å². The molecule has 1 N–H and O–H groups in total. The molecule has 0 saturated carbocycles. The predicted molar refractivity (Wildman–Crippen MR) is 119 cm³/mol. The average Bonchev–Trinajstić information content (AvgIpc) is 3.18. The number of nitrogens with zero attached hydrogens (tertiary/aromatic N) is 4. The summed E-state index contributed by atoms with van der Waals surface area (Å²) in [6.07, 6.45) is -4.24. The first-order valence-electron chi connectivity index (χ1n) is 10.8. The third-order valence-corrected chi connectivity index (χ3v) is 5.33. The van der Waals surface area contributed by atoms with Gasteiger partial charge in [-0.05, 0) is 64.3 Å². The molecule has 3 aromatic rings. The summed E-state index contributed by atoms with van der Waals surface area (Å²) in [5, 5.41) is 6.48. The lowest BCUT2D eigenvalue weighted by atomic mass is 10.0. The van der Waals surface area contributed by atoms with Crippen LogP contribution in [0, 0.1) is 13.8 Å². The van der Waals surface area contributed by atoms with Gasteiger partial charge in [0.2, 0.25) is 5.91 Å². The van der Waals surface area contributed by atoms with E-state index < -0.39 is 12.0 Å². The minimum absolute atomic E-state index is 0.00456. The number of carbonyl (C=O) groups is 1. The molecule has 1 atom stereocenters. The van der Waals surface area contributed by atoms with Gasteiger partial charge in [0.15, 0.2) is 11.5 Å². The first kappa shape index (κ1) is 25.3. The van der Waals surface area contributed by atoms with Crippen LogP contribution in [0.2, 0.25) is 0 Å². The Morgan fingerprint density at radius 3 is 2.47 bits per heavy atom. The Bertz CT molecular complexity index is 1190. The zero-order valence-corrected chi connectivity index (χ0v) is 19.9. The van der Waals surface area contributed by atoms with Gasteiger partial charge >= 0.3 is 6.18 Å². The summed E-state index contributed by atoms with van der Waals surface area (Å²) in [4.78, 5) is 20.2. The van der Waals surface area contributed by atoms with Crippen molar-refractivity contribution in [1.82, 2.24) is 24.9 Å². The summed E-state index contributed by atoms with van der Waals surface area (Å²) < 4.78 is 51.1. The van der Waals surface area contributed by atoms with Gasteiger partial charge in [0.25, 0.3) is 11.6 Å². The Morgan fingerprint density at radius 2 is 1.85 bits per heavy atom. The number of hydrogen-bond acceptors (Lipinski definition) is 6. The highest BCUT2D eigenvalue weighted by Crippen LogP contribution is 2.31. The number of hydrogen-bond donors (Lipinski definition) is 1. The van der Waals surface area contributed by atoms with E-state index in [1.807, 2.05) is 32.9 Å². The van der Waals surface area contributed by atoms with Crippen molar-refractivity contribution in [3.63, 3.8) is 0 Å². The molecule has 1 unspecified atom stereocenters. The normalized spacial score (nSPS) is 12.8. The quantitative estimate of drug-likeness (QED) is 0.516. The molecule has 0 aliphatic heterocycles. The summed E-state index contributed by atoms with van der Waals surface area (Å²) in [6, 6.07) is 5.19. The number of aromatic nitrogens is 4. The molecule has 0 fully saturated rings. The van der Waals surface area contributed by atoms with Crippen LogP contribution in [0.15, 0.2) is 18.2 Å². The average molecular weight is 480 g/mol. The summed E-state index contributed by atoms with van der Waals surface area (Å²) in [5.74, 6) is -0.378. The fourth-order valence-electron chi connectivity index (χ4n) is 3.63. The lowest BCUT2D eigenvalue weighted by molar-refractivity contribution is -0.144. The fraction of sp³-hybridized carbons (Fsp3) is 0.478. The summed E-state index contributed by atoms with van der Waals surface area (Å²) in [7, 11) is 1.55. The number of amides is 1. The Hall–Kier alpha value is -3.37. The molecule has 2 heterocycles. The second kappa shape index (κ2) is 9.86. The second-order valence-electron chi connectivity index (χ2n) is 8.27. The van der Waals surface area contributed by atoms with Crippen LogP contribution in [-0.4, -0.2) is 38.7 Å². The maximum atomic E-state index is 13.0. The SMILES string of the molecule is COc1cc(C(C)NC(=O)CCc2c(C)nc3nc(C(F)(F)F)nn3c2C)ccc1OC(C)C. The van der Waals surface area contributed by atoms with E-state index in [-0.39, 0.29) is 30.3 Å².